The Kier molecular flexibility index (Phi) is 3.88. The molecule has 2 aromatic heterocycles. The van der Waals surface area contributed by atoms with E-state index in [1.54, 1.807) is 6.20 Å². The minimum absolute atomic E-state index is 0.688. The first-order valence-corrected chi connectivity index (χ1v) is 7.02. The highest BCUT2D eigenvalue weighted by molar-refractivity contribution is 6.30. The van der Waals surface area contributed by atoms with Gasteiger partial charge in [-0.25, -0.2) is 4.98 Å². The van der Waals surface area contributed by atoms with Crippen LogP contribution in [0.1, 0.15) is 5.56 Å². The highest BCUT2D eigenvalue weighted by Gasteiger charge is 2.08. The number of pyridine rings is 1. The average molecular weight is 299 g/mol. The Labute approximate surface area is 128 Å². The van der Waals surface area contributed by atoms with Crippen molar-refractivity contribution in [3.05, 3.63) is 65.6 Å². The van der Waals surface area contributed by atoms with Crippen LogP contribution in [0.3, 0.4) is 0 Å². The molecule has 0 unspecified atom stereocenters. The van der Waals surface area contributed by atoms with Crippen LogP contribution in [0.15, 0.2) is 55.0 Å². The van der Waals surface area contributed by atoms with Crippen molar-refractivity contribution in [2.75, 3.05) is 5.32 Å². The lowest BCUT2D eigenvalue weighted by molar-refractivity contribution is 0.905. The topological polar surface area (TPSA) is 42.7 Å². The molecule has 0 bridgehead atoms. The largest absolute Gasteiger partial charge is 0.352 e. The van der Waals surface area contributed by atoms with Crippen molar-refractivity contribution in [2.24, 2.45) is 7.05 Å². The normalized spacial score (nSPS) is 10.6. The van der Waals surface area contributed by atoms with Gasteiger partial charge >= 0.3 is 0 Å². The molecule has 0 amide bonds. The van der Waals surface area contributed by atoms with E-state index in [0.717, 1.165) is 27.8 Å². The molecule has 2 heterocycles. The molecule has 0 aliphatic carbocycles. The van der Waals surface area contributed by atoms with E-state index >= 15 is 0 Å². The molecule has 0 aliphatic heterocycles. The average Bonchev–Trinajstić information content (AvgIpc) is 2.87. The number of imidazole rings is 1. The van der Waals surface area contributed by atoms with Crippen molar-refractivity contribution in [1.29, 1.82) is 0 Å². The standard InChI is InChI=1S/C16H15ClN4/c1-21-15(13-5-2-6-14(17)8-13)11-20-16(21)19-10-12-4-3-7-18-9-12/h2-9,11H,10H2,1H3,(H,19,20). The quantitative estimate of drug-likeness (QED) is 0.798. The van der Waals surface area contributed by atoms with Crippen LogP contribution in [0.5, 0.6) is 0 Å². The molecule has 0 atom stereocenters. The predicted molar refractivity (Wildman–Crippen MR) is 85.2 cm³/mol. The monoisotopic (exact) mass is 298 g/mol. The molecule has 0 aliphatic rings. The van der Waals surface area contributed by atoms with Crippen LogP contribution in [0.4, 0.5) is 5.95 Å². The fourth-order valence-corrected chi connectivity index (χ4v) is 2.36. The fraction of sp³-hybridized carbons (Fsp3) is 0.125. The molecule has 3 aromatic rings. The van der Waals surface area contributed by atoms with Crippen molar-refractivity contribution in [2.45, 2.75) is 6.54 Å². The summed E-state index contributed by atoms with van der Waals surface area (Å²) in [6.45, 7) is 0.688. The summed E-state index contributed by atoms with van der Waals surface area (Å²) in [5, 5.41) is 4.03. The fourth-order valence-electron chi connectivity index (χ4n) is 2.17. The van der Waals surface area contributed by atoms with E-state index in [2.05, 4.69) is 15.3 Å². The summed E-state index contributed by atoms with van der Waals surface area (Å²) < 4.78 is 2.02. The summed E-state index contributed by atoms with van der Waals surface area (Å²) in [4.78, 5) is 8.53. The summed E-state index contributed by atoms with van der Waals surface area (Å²) >= 11 is 6.04. The molecule has 1 N–H and O–H groups in total. The second-order valence-electron chi connectivity index (χ2n) is 4.75. The molecule has 0 saturated carbocycles. The van der Waals surface area contributed by atoms with Crippen molar-refractivity contribution >= 4 is 17.5 Å². The molecular formula is C16H15ClN4. The molecule has 0 fully saturated rings. The molecule has 21 heavy (non-hydrogen) atoms. The summed E-state index contributed by atoms with van der Waals surface area (Å²) in [6.07, 6.45) is 5.45. The van der Waals surface area contributed by atoms with Crippen molar-refractivity contribution in [3.63, 3.8) is 0 Å². The predicted octanol–water partition coefficient (Wildman–Crippen LogP) is 3.75. The number of anilines is 1. The maximum Gasteiger partial charge on any atom is 0.203 e. The van der Waals surface area contributed by atoms with Gasteiger partial charge in [-0.05, 0) is 23.8 Å². The molecule has 106 valence electrons. The van der Waals surface area contributed by atoms with Gasteiger partial charge in [-0.3, -0.25) is 4.98 Å². The number of hydrogen-bond donors (Lipinski definition) is 1. The summed E-state index contributed by atoms with van der Waals surface area (Å²) in [5.74, 6) is 0.814. The van der Waals surface area contributed by atoms with E-state index < -0.39 is 0 Å². The van der Waals surface area contributed by atoms with Crippen LogP contribution in [-0.4, -0.2) is 14.5 Å². The van der Waals surface area contributed by atoms with Gasteiger partial charge in [0.2, 0.25) is 5.95 Å². The summed E-state index contributed by atoms with van der Waals surface area (Å²) in [6, 6.07) is 11.7. The van der Waals surface area contributed by atoms with Crippen molar-refractivity contribution < 1.29 is 0 Å². The lowest BCUT2D eigenvalue weighted by Crippen LogP contribution is -2.05. The third-order valence-electron chi connectivity index (χ3n) is 3.28. The summed E-state index contributed by atoms with van der Waals surface area (Å²) in [5.41, 5.74) is 3.18. The summed E-state index contributed by atoms with van der Waals surface area (Å²) in [7, 11) is 1.98. The van der Waals surface area contributed by atoms with Crippen LogP contribution in [-0.2, 0) is 13.6 Å². The Morgan fingerprint density at radius 3 is 2.86 bits per heavy atom. The zero-order chi connectivity index (χ0) is 14.7. The van der Waals surface area contributed by atoms with Crippen molar-refractivity contribution in [1.82, 2.24) is 14.5 Å². The first-order chi connectivity index (χ1) is 10.2. The van der Waals surface area contributed by atoms with Gasteiger partial charge in [0.1, 0.15) is 0 Å². The number of halogens is 1. The highest BCUT2D eigenvalue weighted by Crippen LogP contribution is 2.24. The Hall–Kier alpha value is -2.33. The number of nitrogens with zero attached hydrogens (tertiary/aromatic N) is 3. The lowest BCUT2D eigenvalue weighted by atomic mass is 10.2. The zero-order valence-corrected chi connectivity index (χ0v) is 12.4. The molecule has 5 heteroatoms. The number of nitrogens with one attached hydrogen (secondary N) is 1. The molecule has 1 aromatic carbocycles. The Bertz CT molecular complexity index is 737. The zero-order valence-electron chi connectivity index (χ0n) is 11.6. The van der Waals surface area contributed by atoms with Gasteiger partial charge in [-0.15, -0.1) is 0 Å². The van der Waals surface area contributed by atoms with E-state index in [9.17, 15) is 0 Å². The molecule has 3 rings (SSSR count). The van der Waals surface area contributed by atoms with Gasteiger partial charge in [0.25, 0.3) is 0 Å². The number of aromatic nitrogens is 3. The van der Waals surface area contributed by atoms with E-state index in [-0.39, 0.29) is 0 Å². The van der Waals surface area contributed by atoms with E-state index in [0.29, 0.717) is 6.54 Å². The van der Waals surface area contributed by atoms with Crippen LogP contribution in [0.25, 0.3) is 11.3 Å². The van der Waals surface area contributed by atoms with Crippen LogP contribution in [0.2, 0.25) is 5.02 Å². The van der Waals surface area contributed by atoms with Crippen LogP contribution in [0, 0.1) is 0 Å². The first-order valence-electron chi connectivity index (χ1n) is 6.64. The maximum absolute atomic E-state index is 6.04. The molecule has 0 spiro atoms. The van der Waals surface area contributed by atoms with Gasteiger partial charge in [-0.2, -0.15) is 0 Å². The van der Waals surface area contributed by atoms with Crippen LogP contribution >= 0.6 is 11.6 Å². The number of hydrogen-bond acceptors (Lipinski definition) is 3. The highest BCUT2D eigenvalue weighted by atomic mass is 35.5. The first kappa shape index (κ1) is 13.6. The van der Waals surface area contributed by atoms with Gasteiger partial charge in [0.05, 0.1) is 11.9 Å². The van der Waals surface area contributed by atoms with E-state index in [1.165, 1.54) is 0 Å². The number of benzene rings is 1. The molecule has 4 nitrogen and oxygen atoms in total. The Morgan fingerprint density at radius 2 is 2.10 bits per heavy atom. The second-order valence-corrected chi connectivity index (χ2v) is 5.19. The van der Waals surface area contributed by atoms with E-state index in [1.807, 2.05) is 60.4 Å². The second kappa shape index (κ2) is 5.97. The minimum Gasteiger partial charge on any atom is -0.352 e. The molecular weight excluding hydrogens is 284 g/mol. The lowest BCUT2D eigenvalue weighted by Gasteiger charge is -2.08. The Morgan fingerprint density at radius 1 is 1.19 bits per heavy atom. The van der Waals surface area contributed by atoms with Crippen LogP contribution < -0.4 is 5.32 Å². The maximum atomic E-state index is 6.04. The van der Waals surface area contributed by atoms with Gasteiger partial charge in [0.15, 0.2) is 0 Å². The minimum atomic E-state index is 0.688. The van der Waals surface area contributed by atoms with Crippen molar-refractivity contribution in [3.8, 4) is 11.3 Å². The molecule has 0 radical (unpaired) electrons. The SMILES string of the molecule is Cn1c(-c2cccc(Cl)c2)cnc1NCc1cccnc1. The van der Waals surface area contributed by atoms with Gasteiger partial charge in [-0.1, -0.05) is 29.8 Å². The Balaban J connectivity index is 1.80. The van der Waals surface area contributed by atoms with Gasteiger partial charge < -0.3 is 9.88 Å². The van der Waals surface area contributed by atoms with Gasteiger partial charge in [0, 0.05) is 36.6 Å². The smallest absolute Gasteiger partial charge is 0.203 e. The number of rotatable bonds is 4. The van der Waals surface area contributed by atoms with E-state index in [4.69, 9.17) is 11.6 Å². The third-order valence-corrected chi connectivity index (χ3v) is 3.52. The third kappa shape index (κ3) is 3.06. The molecule has 0 saturated heterocycles.